The fraction of sp³-hybridized carbons (Fsp3) is 0.320. The molecule has 0 radical (unpaired) electrons. The van der Waals surface area contributed by atoms with E-state index in [2.05, 4.69) is 38.2 Å². The highest BCUT2D eigenvalue weighted by molar-refractivity contribution is 5.91. The Balaban J connectivity index is 1.59. The molecule has 1 heterocycles. The molecule has 3 aromatic rings. The van der Waals surface area contributed by atoms with Gasteiger partial charge >= 0.3 is 0 Å². The summed E-state index contributed by atoms with van der Waals surface area (Å²) < 4.78 is 11.5. The molecule has 29 heavy (non-hydrogen) atoms. The minimum atomic E-state index is -0.192. The Kier molecular flexibility index (Phi) is 6.76. The maximum atomic E-state index is 12.5. The number of hydrogen-bond donors (Lipinski definition) is 1. The van der Waals surface area contributed by atoms with E-state index < -0.39 is 0 Å². The molecule has 152 valence electrons. The zero-order valence-electron chi connectivity index (χ0n) is 17.7. The van der Waals surface area contributed by atoms with Crippen LogP contribution in [0.4, 0.5) is 0 Å². The van der Waals surface area contributed by atoms with Gasteiger partial charge in [-0.15, -0.1) is 0 Å². The molecule has 3 rings (SSSR count). The van der Waals surface area contributed by atoms with Crippen molar-refractivity contribution in [3.8, 4) is 5.75 Å². The van der Waals surface area contributed by atoms with Crippen molar-refractivity contribution >= 4 is 5.91 Å². The van der Waals surface area contributed by atoms with Crippen molar-refractivity contribution < 1.29 is 13.9 Å². The second kappa shape index (κ2) is 9.46. The maximum Gasteiger partial charge on any atom is 0.287 e. The highest BCUT2D eigenvalue weighted by atomic mass is 16.5. The van der Waals surface area contributed by atoms with Gasteiger partial charge in [0, 0.05) is 13.0 Å². The van der Waals surface area contributed by atoms with Crippen molar-refractivity contribution in [3.63, 3.8) is 0 Å². The number of carbonyl (C=O) groups excluding carboxylic acids is 1. The Bertz CT molecular complexity index is 964. The standard InChI is InChI=1S/C25H29NO3/c1-5-28-23-9-7-6-8-20(23)12-13-26-25(27)24-11-10-21(29-24)16-22-18(3)14-17(2)15-19(22)4/h6-11,14-15H,5,12-13,16H2,1-4H3,(H,26,27). The van der Waals surface area contributed by atoms with Crippen molar-refractivity contribution in [1.29, 1.82) is 0 Å². The molecular weight excluding hydrogens is 362 g/mol. The molecule has 1 N–H and O–H groups in total. The Morgan fingerprint density at radius 2 is 1.76 bits per heavy atom. The van der Waals surface area contributed by atoms with Crippen LogP contribution in [0.3, 0.4) is 0 Å². The summed E-state index contributed by atoms with van der Waals surface area (Å²) in [5.41, 5.74) is 6.09. The predicted octanol–water partition coefficient (Wildman–Crippen LogP) is 5.17. The zero-order valence-corrected chi connectivity index (χ0v) is 17.7. The smallest absolute Gasteiger partial charge is 0.287 e. The third kappa shape index (κ3) is 5.29. The molecule has 2 aromatic carbocycles. The zero-order chi connectivity index (χ0) is 20.8. The Morgan fingerprint density at radius 1 is 1.03 bits per heavy atom. The lowest BCUT2D eigenvalue weighted by Crippen LogP contribution is -2.25. The average molecular weight is 392 g/mol. The SMILES string of the molecule is CCOc1ccccc1CCNC(=O)c1ccc(Cc2c(C)cc(C)cc2C)o1. The molecule has 0 fully saturated rings. The number of ether oxygens (including phenoxy) is 1. The van der Waals surface area contributed by atoms with Gasteiger partial charge in [0.2, 0.25) is 0 Å². The Morgan fingerprint density at radius 3 is 2.48 bits per heavy atom. The van der Waals surface area contributed by atoms with Gasteiger partial charge in [0.1, 0.15) is 11.5 Å². The van der Waals surface area contributed by atoms with Crippen LogP contribution in [0.2, 0.25) is 0 Å². The van der Waals surface area contributed by atoms with Crippen LogP contribution in [0.5, 0.6) is 5.75 Å². The van der Waals surface area contributed by atoms with Crippen molar-refractivity contribution in [1.82, 2.24) is 5.32 Å². The summed E-state index contributed by atoms with van der Waals surface area (Å²) in [6, 6.07) is 15.9. The first-order valence-electron chi connectivity index (χ1n) is 10.1. The molecule has 0 spiro atoms. The number of rotatable bonds is 8. The molecule has 0 aliphatic heterocycles. The van der Waals surface area contributed by atoms with Crippen LogP contribution in [-0.2, 0) is 12.8 Å². The average Bonchev–Trinajstić information content (AvgIpc) is 3.15. The third-order valence-electron chi connectivity index (χ3n) is 5.03. The lowest BCUT2D eigenvalue weighted by molar-refractivity contribution is 0.0924. The van der Waals surface area contributed by atoms with Crippen molar-refractivity contribution in [3.05, 3.63) is 87.9 Å². The molecule has 4 nitrogen and oxygen atoms in total. The Labute approximate surface area is 172 Å². The lowest BCUT2D eigenvalue weighted by Gasteiger charge is -2.10. The summed E-state index contributed by atoms with van der Waals surface area (Å²) in [5.74, 6) is 1.82. The number of nitrogens with one attached hydrogen (secondary N) is 1. The second-order valence-electron chi connectivity index (χ2n) is 7.37. The van der Waals surface area contributed by atoms with Crippen molar-refractivity contribution in [2.24, 2.45) is 0 Å². The highest BCUT2D eigenvalue weighted by Gasteiger charge is 2.13. The van der Waals surface area contributed by atoms with E-state index in [0.717, 1.165) is 17.1 Å². The molecule has 0 aliphatic carbocycles. The number of hydrogen-bond acceptors (Lipinski definition) is 3. The van der Waals surface area contributed by atoms with Crippen molar-refractivity contribution in [2.45, 2.75) is 40.5 Å². The van der Waals surface area contributed by atoms with E-state index in [0.29, 0.717) is 31.8 Å². The number of carbonyl (C=O) groups is 1. The van der Waals surface area contributed by atoms with Crippen LogP contribution < -0.4 is 10.1 Å². The highest BCUT2D eigenvalue weighted by Crippen LogP contribution is 2.22. The van der Waals surface area contributed by atoms with E-state index >= 15 is 0 Å². The fourth-order valence-corrected chi connectivity index (χ4v) is 3.66. The monoisotopic (exact) mass is 391 g/mol. The maximum absolute atomic E-state index is 12.5. The minimum absolute atomic E-state index is 0.192. The first-order valence-corrected chi connectivity index (χ1v) is 10.1. The van der Waals surface area contributed by atoms with Gasteiger partial charge in [0.25, 0.3) is 5.91 Å². The fourth-order valence-electron chi connectivity index (χ4n) is 3.66. The summed E-state index contributed by atoms with van der Waals surface area (Å²) in [6.07, 6.45) is 1.39. The van der Waals surface area contributed by atoms with E-state index in [1.165, 1.54) is 22.3 Å². The molecule has 0 bridgehead atoms. The first-order chi connectivity index (χ1) is 14.0. The number of amides is 1. The van der Waals surface area contributed by atoms with Gasteiger partial charge in [-0.1, -0.05) is 35.9 Å². The Hall–Kier alpha value is -3.01. The molecule has 0 saturated heterocycles. The van der Waals surface area contributed by atoms with Gasteiger partial charge in [0.15, 0.2) is 5.76 Å². The lowest BCUT2D eigenvalue weighted by atomic mass is 9.97. The van der Waals surface area contributed by atoms with Gasteiger partial charge in [-0.05, 0) is 74.6 Å². The van der Waals surface area contributed by atoms with Crippen molar-refractivity contribution in [2.75, 3.05) is 13.2 Å². The van der Waals surface area contributed by atoms with Crippen LogP contribution in [0.25, 0.3) is 0 Å². The topological polar surface area (TPSA) is 51.5 Å². The number of aryl methyl sites for hydroxylation is 3. The van der Waals surface area contributed by atoms with Crippen LogP contribution in [0, 0.1) is 20.8 Å². The normalized spacial score (nSPS) is 10.8. The molecule has 1 amide bonds. The molecular formula is C25H29NO3. The van der Waals surface area contributed by atoms with Gasteiger partial charge in [-0.3, -0.25) is 4.79 Å². The van der Waals surface area contributed by atoms with E-state index in [1.807, 2.05) is 37.3 Å². The summed E-state index contributed by atoms with van der Waals surface area (Å²) in [6.45, 7) is 9.45. The quantitative estimate of drug-likeness (QED) is 0.576. The van der Waals surface area contributed by atoms with Crippen LogP contribution in [0.1, 0.15) is 51.1 Å². The summed E-state index contributed by atoms with van der Waals surface area (Å²) in [4.78, 5) is 12.5. The van der Waals surface area contributed by atoms with Crippen LogP contribution >= 0.6 is 0 Å². The van der Waals surface area contributed by atoms with E-state index in [4.69, 9.17) is 9.15 Å². The summed E-state index contributed by atoms with van der Waals surface area (Å²) >= 11 is 0. The third-order valence-corrected chi connectivity index (χ3v) is 5.03. The molecule has 0 saturated carbocycles. The predicted molar refractivity (Wildman–Crippen MR) is 116 cm³/mol. The van der Waals surface area contributed by atoms with Gasteiger partial charge < -0.3 is 14.5 Å². The number of benzene rings is 2. The van der Waals surface area contributed by atoms with E-state index in [1.54, 1.807) is 6.07 Å². The van der Waals surface area contributed by atoms with E-state index in [9.17, 15) is 4.79 Å². The summed E-state index contributed by atoms with van der Waals surface area (Å²) in [5, 5.41) is 2.94. The molecule has 4 heteroatoms. The van der Waals surface area contributed by atoms with Crippen LogP contribution in [-0.4, -0.2) is 19.1 Å². The largest absolute Gasteiger partial charge is 0.494 e. The van der Waals surface area contributed by atoms with E-state index in [-0.39, 0.29) is 5.91 Å². The second-order valence-corrected chi connectivity index (χ2v) is 7.37. The van der Waals surface area contributed by atoms with Gasteiger partial charge in [0.05, 0.1) is 6.61 Å². The van der Waals surface area contributed by atoms with Gasteiger partial charge in [-0.2, -0.15) is 0 Å². The van der Waals surface area contributed by atoms with Gasteiger partial charge in [-0.25, -0.2) is 0 Å². The number of furan rings is 1. The minimum Gasteiger partial charge on any atom is -0.494 e. The first kappa shape index (κ1) is 20.7. The summed E-state index contributed by atoms with van der Waals surface area (Å²) in [7, 11) is 0. The number of para-hydroxylation sites is 1. The molecule has 1 aromatic heterocycles. The molecule has 0 unspecified atom stereocenters. The molecule has 0 atom stereocenters. The molecule has 0 aliphatic rings. The van der Waals surface area contributed by atoms with Crippen LogP contribution in [0.15, 0.2) is 52.9 Å².